The predicted molar refractivity (Wildman–Crippen MR) is 125 cm³/mol. The van der Waals surface area contributed by atoms with E-state index in [1.807, 2.05) is 36.1 Å². The van der Waals surface area contributed by atoms with Crippen LogP contribution in [0, 0.1) is 12.7 Å². The maximum atomic E-state index is 13.4. The number of nitrogens with one attached hydrogen (secondary N) is 1. The van der Waals surface area contributed by atoms with Crippen LogP contribution < -0.4 is 14.8 Å². The van der Waals surface area contributed by atoms with Gasteiger partial charge in [-0.05, 0) is 48.7 Å². The summed E-state index contributed by atoms with van der Waals surface area (Å²) in [5, 5.41) is 6.56. The lowest BCUT2D eigenvalue weighted by molar-refractivity contribution is -0.121. The predicted octanol–water partition coefficient (Wildman–Crippen LogP) is 3.92. The van der Waals surface area contributed by atoms with Crippen molar-refractivity contribution in [3.63, 3.8) is 0 Å². The maximum absolute atomic E-state index is 13.4. The molecule has 3 aromatic rings. The van der Waals surface area contributed by atoms with E-state index in [0.717, 1.165) is 16.8 Å². The molecule has 0 bridgehead atoms. The van der Waals surface area contributed by atoms with E-state index >= 15 is 0 Å². The second-order valence-corrected chi connectivity index (χ2v) is 7.47. The number of halogens is 2. The van der Waals surface area contributed by atoms with Crippen LogP contribution in [-0.4, -0.2) is 43.2 Å². The zero-order chi connectivity index (χ0) is 22.9. The first-order valence-corrected chi connectivity index (χ1v) is 10.4. The lowest BCUT2D eigenvalue weighted by Crippen LogP contribution is -2.36. The molecule has 1 aromatic heterocycles. The highest BCUT2D eigenvalue weighted by molar-refractivity contribution is 5.85. The number of hydrogen-bond acceptors (Lipinski definition) is 6. The lowest BCUT2D eigenvalue weighted by Gasteiger charge is -2.20. The average molecular weight is 478 g/mol. The fraction of sp³-hybridized carbons (Fsp3) is 0.333. The van der Waals surface area contributed by atoms with Crippen LogP contribution in [0.4, 0.5) is 4.39 Å². The molecule has 1 heterocycles. The van der Waals surface area contributed by atoms with Crippen molar-refractivity contribution < 1.29 is 23.2 Å². The highest BCUT2D eigenvalue weighted by atomic mass is 35.5. The van der Waals surface area contributed by atoms with E-state index in [9.17, 15) is 9.18 Å². The van der Waals surface area contributed by atoms with Gasteiger partial charge in [-0.2, -0.15) is 0 Å². The molecule has 1 N–H and O–H groups in total. The number of methoxy groups -OCH3 is 1. The molecule has 0 fully saturated rings. The smallest absolute Gasteiger partial charge is 0.233 e. The van der Waals surface area contributed by atoms with Crippen LogP contribution in [0.2, 0.25) is 0 Å². The summed E-state index contributed by atoms with van der Waals surface area (Å²) in [6.07, 6.45) is 0.699. The van der Waals surface area contributed by atoms with Crippen molar-refractivity contribution in [2.45, 2.75) is 26.5 Å². The van der Waals surface area contributed by atoms with Crippen LogP contribution in [0.25, 0.3) is 0 Å². The third-order valence-electron chi connectivity index (χ3n) is 4.93. The minimum atomic E-state index is -0.296. The Morgan fingerprint density at radius 1 is 1.15 bits per heavy atom. The maximum Gasteiger partial charge on any atom is 0.233 e. The summed E-state index contributed by atoms with van der Waals surface area (Å²) in [7, 11) is 3.20. The van der Waals surface area contributed by atoms with Crippen molar-refractivity contribution in [3.8, 4) is 11.5 Å². The molecule has 2 aromatic carbocycles. The largest absolute Gasteiger partial charge is 0.493 e. The number of aromatic nitrogens is 1. The zero-order valence-electron chi connectivity index (χ0n) is 19.0. The molecule has 7 nitrogen and oxygen atoms in total. The van der Waals surface area contributed by atoms with Gasteiger partial charge in [0.1, 0.15) is 12.4 Å². The normalized spacial score (nSPS) is 10.6. The van der Waals surface area contributed by atoms with Gasteiger partial charge in [0.15, 0.2) is 17.3 Å². The number of likely N-dealkylation sites (N-methyl/N-ethyl adjacent to an activating group) is 1. The number of carbonyl (C=O) groups excluding carboxylic acids is 1. The molecule has 0 saturated heterocycles. The van der Waals surface area contributed by atoms with Crippen LogP contribution in [-0.2, 0) is 24.4 Å². The molecule has 9 heteroatoms. The van der Waals surface area contributed by atoms with E-state index in [-0.39, 0.29) is 37.3 Å². The van der Waals surface area contributed by atoms with Gasteiger partial charge >= 0.3 is 0 Å². The first kappa shape index (κ1) is 26.2. The van der Waals surface area contributed by atoms with Crippen LogP contribution in [0.5, 0.6) is 11.5 Å². The quantitative estimate of drug-likeness (QED) is 0.451. The van der Waals surface area contributed by atoms with E-state index in [0.29, 0.717) is 36.8 Å². The van der Waals surface area contributed by atoms with Gasteiger partial charge in [-0.25, -0.2) is 4.39 Å². The number of aryl methyl sites for hydroxylation is 1. The number of hydrogen-bond donors (Lipinski definition) is 1. The Hall–Kier alpha value is -3.10. The summed E-state index contributed by atoms with van der Waals surface area (Å²) >= 11 is 0. The summed E-state index contributed by atoms with van der Waals surface area (Å²) in [6, 6.07) is 13.9. The van der Waals surface area contributed by atoms with Gasteiger partial charge in [0.25, 0.3) is 0 Å². The SMILES string of the molecule is CNC(=O)CN(CCc1ccc(OCc2cccc(F)c2)c(OC)c1)Cc1cc(C)no1.Cl. The molecule has 3 rings (SSSR count). The van der Waals surface area contributed by atoms with E-state index < -0.39 is 0 Å². The van der Waals surface area contributed by atoms with Gasteiger partial charge < -0.3 is 19.3 Å². The van der Waals surface area contributed by atoms with E-state index in [4.69, 9.17) is 14.0 Å². The van der Waals surface area contributed by atoms with Crippen LogP contribution in [0.15, 0.2) is 53.1 Å². The number of nitrogens with zero attached hydrogens (tertiary/aromatic N) is 2. The van der Waals surface area contributed by atoms with Crippen molar-refractivity contribution in [1.82, 2.24) is 15.4 Å². The lowest BCUT2D eigenvalue weighted by atomic mass is 10.1. The summed E-state index contributed by atoms with van der Waals surface area (Å²) in [5.74, 6) is 1.53. The van der Waals surface area contributed by atoms with Crippen molar-refractivity contribution in [1.29, 1.82) is 0 Å². The summed E-state index contributed by atoms with van der Waals surface area (Å²) < 4.78 is 30.0. The highest BCUT2D eigenvalue weighted by Gasteiger charge is 2.14. The number of ether oxygens (including phenoxy) is 2. The Morgan fingerprint density at radius 3 is 2.64 bits per heavy atom. The number of carbonyl (C=O) groups is 1. The van der Waals surface area contributed by atoms with Gasteiger partial charge in [0.05, 0.1) is 25.9 Å². The number of amides is 1. The Bertz CT molecular complexity index is 1040. The second kappa shape index (κ2) is 12.8. The Labute approximate surface area is 199 Å². The van der Waals surface area contributed by atoms with Crippen LogP contribution in [0.3, 0.4) is 0 Å². The molecular weight excluding hydrogens is 449 g/mol. The molecule has 0 aliphatic rings. The fourth-order valence-electron chi connectivity index (χ4n) is 3.27. The minimum absolute atomic E-state index is 0. The molecule has 0 unspecified atom stereocenters. The molecule has 0 aliphatic carbocycles. The minimum Gasteiger partial charge on any atom is -0.493 e. The standard InChI is InChI=1S/C24H28FN3O4.ClH/c1-17-11-21(32-27-17)14-28(15-24(29)26-2)10-9-18-7-8-22(23(13-18)30-3)31-16-19-5-4-6-20(25)12-19;/h4-8,11-13H,9-10,14-16H2,1-3H3,(H,26,29);1H. The molecule has 0 saturated carbocycles. The molecule has 0 radical (unpaired) electrons. The summed E-state index contributed by atoms with van der Waals surface area (Å²) in [6.45, 7) is 3.48. The Balaban J connectivity index is 0.00000385. The first-order chi connectivity index (χ1) is 15.5. The molecule has 0 spiro atoms. The van der Waals surface area contributed by atoms with Crippen molar-refractivity contribution in [3.05, 3.63) is 76.9 Å². The third kappa shape index (κ3) is 8.07. The fourth-order valence-corrected chi connectivity index (χ4v) is 3.27. The van der Waals surface area contributed by atoms with Crippen molar-refractivity contribution in [2.24, 2.45) is 0 Å². The summed E-state index contributed by atoms with van der Waals surface area (Å²) in [4.78, 5) is 13.9. The van der Waals surface area contributed by atoms with Gasteiger partial charge in [0.2, 0.25) is 5.91 Å². The molecule has 1 amide bonds. The van der Waals surface area contributed by atoms with Crippen LogP contribution in [0.1, 0.15) is 22.6 Å². The van der Waals surface area contributed by atoms with Gasteiger partial charge in [-0.1, -0.05) is 23.4 Å². The average Bonchev–Trinajstić information content (AvgIpc) is 3.20. The third-order valence-corrected chi connectivity index (χ3v) is 4.93. The van der Waals surface area contributed by atoms with Crippen molar-refractivity contribution >= 4 is 18.3 Å². The van der Waals surface area contributed by atoms with E-state index in [1.165, 1.54) is 12.1 Å². The molecule has 0 aliphatic heterocycles. The molecule has 178 valence electrons. The highest BCUT2D eigenvalue weighted by Crippen LogP contribution is 2.29. The number of benzene rings is 2. The Kier molecular flexibility index (Phi) is 10.2. The Morgan fingerprint density at radius 2 is 1.97 bits per heavy atom. The first-order valence-electron chi connectivity index (χ1n) is 10.4. The van der Waals surface area contributed by atoms with E-state index in [1.54, 1.807) is 26.3 Å². The number of rotatable bonds is 11. The molecule has 33 heavy (non-hydrogen) atoms. The van der Waals surface area contributed by atoms with Crippen LogP contribution >= 0.6 is 12.4 Å². The van der Waals surface area contributed by atoms with E-state index in [2.05, 4.69) is 10.5 Å². The molecule has 0 atom stereocenters. The zero-order valence-corrected chi connectivity index (χ0v) is 19.8. The topological polar surface area (TPSA) is 76.8 Å². The van der Waals surface area contributed by atoms with Crippen molar-refractivity contribution in [2.75, 3.05) is 27.2 Å². The monoisotopic (exact) mass is 477 g/mol. The summed E-state index contributed by atoms with van der Waals surface area (Å²) in [5.41, 5.74) is 2.58. The second-order valence-electron chi connectivity index (χ2n) is 7.47. The van der Waals surface area contributed by atoms with Gasteiger partial charge in [-0.3, -0.25) is 9.69 Å². The molecular formula is C24H29ClFN3O4. The van der Waals surface area contributed by atoms with Gasteiger partial charge in [0, 0.05) is 19.7 Å². The van der Waals surface area contributed by atoms with Gasteiger partial charge in [-0.15, -0.1) is 12.4 Å².